The number of hydrogen-bond acceptors (Lipinski definition) is 3. The quantitative estimate of drug-likeness (QED) is 0.812. The zero-order chi connectivity index (χ0) is 6.97. The molecule has 2 N–H and O–H groups in total. The summed E-state index contributed by atoms with van der Waals surface area (Å²) in [5.41, 5.74) is 5.33. The van der Waals surface area contributed by atoms with Crippen LogP contribution in [0, 0.1) is 0 Å². The molecule has 1 saturated carbocycles. The van der Waals surface area contributed by atoms with Crippen LogP contribution in [0.1, 0.15) is 30.4 Å². The second-order valence-corrected chi connectivity index (χ2v) is 2.63. The Morgan fingerprint density at radius 3 is 2.58 bits per heavy atom. The highest BCUT2D eigenvalue weighted by molar-refractivity contribution is 5.85. The fourth-order valence-electron chi connectivity index (χ4n) is 0.975. The average molecular weight is 211 g/mol. The summed E-state index contributed by atoms with van der Waals surface area (Å²) in [7, 11) is 0. The molecule has 0 aliphatic heterocycles. The number of rotatable bonds is 2. The Bertz CT molecular complexity index is 235. The van der Waals surface area contributed by atoms with Crippen molar-refractivity contribution in [1.82, 2.24) is 4.98 Å². The lowest BCUT2D eigenvalue weighted by molar-refractivity contribution is 0.458. The predicted octanol–water partition coefficient (Wildman–Crippen LogP) is 1.85. The fraction of sp³-hybridized carbons (Fsp3) is 0.571. The third-order valence-corrected chi connectivity index (χ3v) is 1.73. The third kappa shape index (κ3) is 2.37. The van der Waals surface area contributed by atoms with Crippen molar-refractivity contribution in [3.05, 3.63) is 17.8 Å². The molecule has 70 valence electrons. The Hall–Kier alpha value is -0.250. The van der Waals surface area contributed by atoms with Gasteiger partial charge in [0, 0.05) is 5.92 Å². The first-order valence-electron chi connectivity index (χ1n) is 3.55. The van der Waals surface area contributed by atoms with Gasteiger partial charge in [-0.3, -0.25) is 0 Å². The summed E-state index contributed by atoms with van der Waals surface area (Å²) >= 11 is 0. The van der Waals surface area contributed by atoms with E-state index < -0.39 is 0 Å². The lowest BCUT2D eigenvalue weighted by Crippen LogP contribution is -1.94. The first-order valence-corrected chi connectivity index (χ1v) is 3.55. The Morgan fingerprint density at radius 1 is 1.50 bits per heavy atom. The van der Waals surface area contributed by atoms with Crippen LogP contribution >= 0.6 is 24.8 Å². The molecule has 0 unspecified atom stereocenters. The summed E-state index contributed by atoms with van der Waals surface area (Å²) in [4.78, 5) is 4.00. The molecule has 1 heterocycles. The molecule has 0 spiro atoms. The van der Waals surface area contributed by atoms with Crippen molar-refractivity contribution in [3.63, 3.8) is 0 Å². The van der Waals surface area contributed by atoms with E-state index in [1.54, 1.807) is 6.20 Å². The van der Waals surface area contributed by atoms with E-state index in [1.165, 1.54) is 12.8 Å². The molecule has 2 rings (SSSR count). The van der Waals surface area contributed by atoms with Gasteiger partial charge in [-0.2, -0.15) is 0 Å². The lowest BCUT2D eigenvalue weighted by atomic mass is 10.3. The number of nitrogens with two attached hydrogens (primary N) is 1. The third-order valence-electron chi connectivity index (χ3n) is 1.73. The van der Waals surface area contributed by atoms with Crippen molar-refractivity contribution in [2.75, 3.05) is 0 Å². The summed E-state index contributed by atoms with van der Waals surface area (Å²) in [6.45, 7) is 0.409. The minimum absolute atomic E-state index is 0. The Balaban J connectivity index is 0.000000605. The molecular weight excluding hydrogens is 199 g/mol. The van der Waals surface area contributed by atoms with Gasteiger partial charge in [0.25, 0.3) is 0 Å². The first kappa shape index (κ1) is 11.8. The topological polar surface area (TPSA) is 52.0 Å². The zero-order valence-corrected chi connectivity index (χ0v) is 8.16. The van der Waals surface area contributed by atoms with Crippen LogP contribution in [-0.4, -0.2) is 4.98 Å². The van der Waals surface area contributed by atoms with E-state index in [0.717, 1.165) is 5.76 Å². The molecule has 0 amide bonds. The second-order valence-electron chi connectivity index (χ2n) is 2.63. The van der Waals surface area contributed by atoms with Gasteiger partial charge in [0.2, 0.25) is 5.89 Å². The van der Waals surface area contributed by atoms with Crippen molar-refractivity contribution in [1.29, 1.82) is 0 Å². The number of hydrogen-bond donors (Lipinski definition) is 1. The molecule has 1 aliphatic carbocycles. The van der Waals surface area contributed by atoms with Gasteiger partial charge in [0.05, 0.1) is 12.7 Å². The highest BCUT2D eigenvalue weighted by Crippen LogP contribution is 2.40. The van der Waals surface area contributed by atoms with Gasteiger partial charge >= 0.3 is 0 Å². The van der Waals surface area contributed by atoms with Crippen LogP contribution in [-0.2, 0) is 6.54 Å². The van der Waals surface area contributed by atoms with E-state index in [9.17, 15) is 0 Å². The summed E-state index contributed by atoms with van der Waals surface area (Å²) < 4.78 is 5.32. The molecule has 0 saturated heterocycles. The summed E-state index contributed by atoms with van der Waals surface area (Å²) in [5, 5.41) is 0. The van der Waals surface area contributed by atoms with Gasteiger partial charge in [-0.25, -0.2) is 4.98 Å². The largest absolute Gasteiger partial charge is 0.444 e. The van der Waals surface area contributed by atoms with Gasteiger partial charge < -0.3 is 10.2 Å². The molecule has 0 bridgehead atoms. The highest BCUT2D eigenvalue weighted by Gasteiger charge is 2.27. The van der Waals surface area contributed by atoms with Crippen LogP contribution in [0.3, 0.4) is 0 Å². The van der Waals surface area contributed by atoms with Crippen LogP contribution in [0.25, 0.3) is 0 Å². The van der Waals surface area contributed by atoms with Crippen LogP contribution in [0.15, 0.2) is 10.6 Å². The molecule has 1 aromatic heterocycles. The Morgan fingerprint density at radius 2 is 2.17 bits per heavy atom. The highest BCUT2D eigenvalue weighted by atomic mass is 35.5. The first-order chi connectivity index (χ1) is 4.90. The monoisotopic (exact) mass is 210 g/mol. The van der Waals surface area contributed by atoms with Crippen LogP contribution in [0.2, 0.25) is 0 Å². The van der Waals surface area contributed by atoms with Gasteiger partial charge in [-0.05, 0) is 12.8 Å². The van der Waals surface area contributed by atoms with Crippen molar-refractivity contribution in [2.45, 2.75) is 25.3 Å². The smallest absolute Gasteiger partial charge is 0.208 e. The van der Waals surface area contributed by atoms with Crippen LogP contribution in [0.4, 0.5) is 0 Å². The SMILES string of the molecule is Cl.Cl.NCc1ncc(C2CC2)o1. The molecule has 3 nitrogen and oxygen atoms in total. The molecule has 5 heteroatoms. The molecule has 12 heavy (non-hydrogen) atoms. The Kier molecular flexibility index (Phi) is 4.60. The lowest BCUT2D eigenvalue weighted by Gasteiger charge is -1.86. The number of aromatic nitrogens is 1. The molecule has 0 radical (unpaired) electrons. The summed E-state index contributed by atoms with van der Waals surface area (Å²) in [6.07, 6.45) is 4.29. The van der Waals surface area contributed by atoms with Gasteiger partial charge in [0.1, 0.15) is 5.76 Å². The van der Waals surface area contributed by atoms with Gasteiger partial charge in [0.15, 0.2) is 0 Å². The standard InChI is InChI=1S/C7H10N2O.2ClH/c8-3-7-9-4-6(10-7)5-1-2-5;;/h4-5H,1-3,8H2;2*1H. The maximum absolute atomic E-state index is 5.33. The number of nitrogens with zero attached hydrogens (tertiary/aromatic N) is 1. The number of oxazole rings is 1. The normalized spacial score (nSPS) is 14.8. The average Bonchev–Trinajstić information content (AvgIpc) is 2.70. The summed E-state index contributed by atoms with van der Waals surface area (Å²) in [5.74, 6) is 2.31. The van der Waals surface area contributed by atoms with E-state index >= 15 is 0 Å². The molecule has 1 aromatic rings. The van der Waals surface area contributed by atoms with E-state index in [2.05, 4.69) is 4.98 Å². The Labute approximate surface area is 83.5 Å². The summed E-state index contributed by atoms with van der Waals surface area (Å²) in [6, 6.07) is 0. The number of halogens is 2. The molecule has 1 aliphatic rings. The zero-order valence-electron chi connectivity index (χ0n) is 6.53. The van der Waals surface area contributed by atoms with Gasteiger partial charge in [-0.1, -0.05) is 0 Å². The molecule has 0 atom stereocenters. The van der Waals surface area contributed by atoms with E-state index in [4.69, 9.17) is 10.2 Å². The van der Waals surface area contributed by atoms with E-state index in [0.29, 0.717) is 18.4 Å². The van der Waals surface area contributed by atoms with Gasteiger partial charge in [-0.15, -0.1) is 24.8 Å². The fourth-order valence-corrected chi connectivity index (χ4v) is 0.975. The van der Waals surface area contributed by atoms with E-state index in [1.807, 2.05) is 0 Å². The van der Waals surface area contributed by atoms with Crippen LogP contribution in [0.5, 0.6) is 0 Å². The van der Waals surface area contributed by atoms with Crippen molar-refractivity contribution < 1.29 is 4.42 Å². The van der Waals surface area contributed by atoms with Crippen molar-refractivity contribution in [2.24, 2.45) is 5.73 Å². The molecule has 1 fully saturated rings. The molecule has 0 aromatic carbocycles. The predicted molar refractivity (Wildman–Crippen MR) is 50.9 cm³/mol. The minimum atomic E-state index is 0. The van der Waals surface area contributed by atoms with E-state index in [-0.39, 0.29) is 24.8 Å². The second kappa shape index (κ2) is 4.70. The minimum Gasteiger partial charge on any atom is -0.444 e. The maximum atomic E-state index is 5.33. The van der Waals surface area contributed by atoms with Crippen molar-refractivity contribution in [3.8, 4) is 0 Å². The maximum Gasteiger partial charge on any atom is 0.208 e. The molecular formula is C7H12Cl2N2O. The van der Waals surface area contributed by atoms with Crippen LogP contribution < -0.4 is 5.73 Å². The van der Waals surface area contributed by atoms with Crippen molar-refractivity contribution >= 4 is 24.8 Å².